The van der Waals surface area contributed by atoms with E-state index in [1.165, 1.54) is 23.1 Å². The smallest absolute Gasteiger partial charge is 0.255 e. The molecule has 2 heterocycles. The van der Waals surface area contributed by atoms with Crippen molar-refractivity contribution in [3.8, 4) is 0 Å². The van der Waals surface area contributed by atoms with Crippen LogP contribution < -0.4 is 10.6 Å². The first-order valence-corrected chi connectivity index (χ1v) is 9.23. The van der Waals surface area contributed by atoms with Crippen LogP contribution >= 0.6 is 0 Å². The Bertz CT molecular complexity index is 1040. The van der Waals surface area contributed by atoms with Crippen molar-refractivity contribution in [3.63, 3.8) is 0 Å². The second-order valence-electron chi connectivity index (χ2n) is 7.04. The summed E-state index contributed by atoms with van der Waals surface area (Å²) in [6, 6.07) is 9.89. The molecule has 1 unspecified atom stereocenters. The highest BCUT2D eigenvalue weighted by Crippen LogP contribution is 2.29. The number of hydrogen-bond donors (Lipinski definition) is 2. The molecule has 148 valence electrons. The number of hydrogen-bond acceptors (Lipinski definition) is 4. The topological polar surface area (TPSA) is 95.6 Å². The molecule has 0 bridgehead atoms. The van der Waals surface area contributed by atoms with Gasteiger partial charge in [0.1, 0.15) is 11.9 Å². The van der Waals surface area contributed by atoms with Crippen LogP contribution in [0.25, 0.3) is 0 Å². The lowest BCUT2D eigenvalue weighted by atomic mass is 10.0. The first-order valence-electron chi connectivity index (χ1n) is 9.23. The molecule has 0 saturated carbocycles. The highest BCUT2D eigenvalue weighted by Gasteiger charge is 2.39. The molecular weight excluding hydrogens is 377 g/mol. The molecule has 0 aliphatic carbocycles. The summed E-state index contributed by atoms with van der Waals surface area (Å²) >= 11 is 0. The minimum absolute atomic E-state index is 0.162. The number of fused-ring (bicyclic) bond motifs is 1. The van der Waals surface area contributed by atoms with Gasteiger partial charge < -0.3 is 10.2 Å². The lowest BCUT2D eigenvalue weighted by Gasteiger charge is -2.29. The monoisotopic (exact) mass is 395 g/mol. The third-order valence-electron chi connectivity index (χ3n) is 5.21. The maximum Gasteiger partial charge on any atom is 0.255 e. The number of rotatable bonds is 4. The number of nitrogens with one attached hydrogen (secondary N) is 2. The van der Waals surface area contributed by atoms with Gasteiger partial charge in [-0.2, -0.15) is 0 Å². The molecule has 2 aliphatic rings. The number of piperidine rings is 1. The Morgan fingerprint density at radius 2 is 1.97 bits per heavy atom. The summed E-state index contributed by atoms with van der Waals surface area (Å²) in [4.78, 5) is 50.1. The first-order chi connectivity index (χ1) is 13.9. The summed E-state index contributed by atoms with van der Waals surface area (Å²) in [7, 11) is 0. The molecule has 4 amide bonds. The Balaban J connectivity index is 1.50. The Morgan fingerprint density at radius 3 is 2.72 bits per heavy atom. The molecule has 1 atom stereocenters. The molecule has 1 saturated heterocycles. The largest absolute Gasteiger partial charge is 0.348 e. The van der Waals surface area contributed by atoms with Gasteiger partial charge in [-0.15, -0.1) is 0 Å². The maximum absolute atomic E-state index is 13.3. The Kier molecular flexibility index (Phi) is 4.84. The van der Waals surface area contributed by atoms with Gasteiger partial charge in [-0.05, 0) is 41.8 Å². The van der Waals surface area contributed by atoms with Crippen LogP contribution in [-0.4, -0.2) is 34.6 Å². The van der Waals surface area contributed by atoms with E-state index in [1.54, 1.807) is 18.2 Å². The van der Waals surface area contributed by atoms with Crippen molar-refractivity contribution in [2.45, 2.75) is 32.0 Å². The standard InChI is InChI=1S/C21H18FN3O4/c22-14-5-1-3-12(9-14)19(27)23-10-13-4-2-6-15-16(13)11-25(21(15)29)17-7-8-18(26)24-20(17)28/h1-6,9,17H,7-8,10-11H2,(H,23,27)(H,24,26,28). The highest BCUT2D eigenvalue weighted by atomic mass is 19.1. The molecule has 0 radical (unpaired) electrons. The van der Waals surface area contributed by atoms with Gasteiger partial charge in [-0.1, -0.05) is 18.2 Å². The van der Waals surface area contributed by atoms with Gasteiger partial charge in [0.25, 0.3) is 11.8 Å². The van der Waals surface area contributed by atoms with E-state index in [0.717, 1.165) is 17.2 Å². The summed E-state index contributed by atoms with van der Waals surface area (Å²) in [5.41, 5.74) is 2.17. The van der Waals surface area contributed by atoms with Crippen molar-refractivity contribution in [2.75, 3.05) is 0 Å². The van der Waals surface area contributed by atoms with E-state index < -0.39 is 23.7 Å². The third kappa shape index (κ3) is 3.61. The number of amides is 4. The molecule has 2 aromatic carbocycles. The zero-order valence-corrected chi connectivity index (χ0v) is 15.4. The molecule has 8 heteroatoms. The summed E-state index contributed by atoms with van der Waals surface area (Å²) < 4.78 is 13.3. The van der Waals surface area contributed by atoms with Gasteiger partial charge in [-0.3, -0.25) is 24.5 Å². The van der Waals surface area contributed by atoms with Gasteiger partial charge >= 0.3 is 0 Å². The number of nitrogens with zero attached hydrogens (tertiary/aromatic N) is 1. The molecule has 2 N–H and O–H groups in total. The predicted molar refractivity (Wildman–Crippen MR) is 100 cm³/mol. The van der Waals surface area contributed by atoms with Crippen LogP contribution in [-0.2, 0) is 22.7 Å². The average Bonchev–Trinajstić information content (AvgIpc) is 3.03. The summed E-state index contributed by atoms with van der Waals surface area (Å²) in [6.45, 7) is 0.390. The van der Waals surface area contributed by atoms with Gasteiger partial charge in [0.15, 0.2) is 0 Å². The van der Waals surface area contributed by atoms with E-state index in [1.807, 2.05) is 0 Å². The fourth-order valence-electron chi connectivity index (χ4n) is 3.72. The summed E-state index contributed by atoms with van der Waals surface area (Å²) in [5.74, 6) is -2.00. The summed E-state index contributed by atoms with van der Waals surface area (Å²) in [6.07, 6.45) is 0.475. The van der Waals surface area contributed by atoms with Crippen LogP contribution in [0, 0.1) is 5.82 Å². The van der Waals surface area contributed by atoms with Crippen LogP contribution in [0.15, 0.2) is 42.5 Å². The van der Waals surface area contributed by atoms with Gasteiger partial charge in [0.05, 0.1) is 0 Å². The van der Waals surface area contributed by atoms with E-state index in [2.05, 4.69) is 10.6 Å². The lowest BCUT2D eigenvalue weighted by molar-refractivity contribution is -0.136. The zero-order chi connectivity index (χ0) is 20.5. The van der Waals surface area contributed by atoms with Crippen LogP contribution in [0.5, 0.6) is 0 Å². The number of benzene rings is 2. The number of carbonyl (C=O) groups excluding carboxylic acids is 4. The number of imide groups is 1. The quantitative estimate of drug-likeness (QED) is 0.768. The van der Waals surface area contributed by atoms with Crippen molar-refractivity contribution in [3.05, 3.63) is 70.5 Å². The molecular formula is C21H18FN3O4. The molecule has 4 rings (SSSR count). The van der Waals surface area contributed by atoms with Gasteiger partial charge in [-0.25, -0.2) is 4.39 Å². The minimum Gasteiger partial charge on any atom is -0.348 e. The van der Waals surface area contributed by atoms with E-state index in [0.29, 0.717) is 5.56 Å². The molecule has 29 heavy (non-hydrogen) atoms. The minimum atomic E-state index is -0.692. The van der Waals surface area contributed by atoms with Gasteiger partial charge in [0.2, 0.25) is 11.8 Å². The molecule has 7 nitrogen and oxygen atoms in total. The highest BCUT2D eigenvalue weighted by molar-refractivity contribution is 6.05. The predicted octanol–water partition coefficient (Wildman–Crippen LogP) is 1.52. The Morgan fingerprint density at radius 1 is 1.17 bits per heavy atom. The fraction of sp³-hybridized carbons (Fsp3) is 0.238. The van der Waals surface area contributed by atoms with Crippen LogP contribution in [0.2, 0.25) is 0 Å². The molecule has 2 aliphatic heterocycles. The second kappa shape index (κ2) is 7.46. The Labute approximate surface area is 165 Å². The second-order valence-corrected chi connectivity index (χ2v) is 7.04. The fourth-order valence-corrected chi connectivity index (χ4v) is 3.72. The van der Waals surface area contributed by atoms with Crippen LogP contribution in [0.1, 0.15) is 44.7 Å². The number of carbonyl (C=O) groups is 4. The van der Waals surface area contributed by atoms with E-state index in [9.17, 15) is 23.6 Å². The Hall–Kier alpha value is -3.55. The van der Waals surface area contributed by atoms with Crippen molar-refractivity contribution in [1.29, 1.82) is 0 Å². The number of halogens is 1. The molecule has 0 aromatic heterocycles. The van der Waals surface area contributed by atoms with Crippen molar-refractivity contribution in [2.24, 2.45) is 0 Å². The molecule has 1 fully saturated rings. The van der Waals surface area contributed by atoms with Crippen molar-refractivity contribution in [1.82, 2.24) is 15.5 Å². The van der Waals surface area contributed by atoms with Crippen LogP contribution in [0.3, 0.4) is 0 Å². The molecule has 0 spiro atoms. The first kappa shape index (κ1) is 18.8. The van der Waals surface area contributed by atoms with E-state index in [4.69, 9.17) is 0 Å². The van der Waals surface area contributed by atoms with Gasteiger partial charge in [0, 0.05) is 30.6 Å². The SMILES string of the molecule is O=C1CCC(N2Cc3c(CNC(=O)c4cccc(F)c4)cccc3C2=O)C(=O)N1. The van der Waals surface area contributed by atoms with E-state index in [-0.39, 0.29) is 43.3 Å². The van der Waals surface area contributed by atoms with Crippen molar-refractivity contribution < 1.29 is 23.6 Å². The lowest BCUT2D eigenvalue weighted by Crippen LogP contribution is -2.52. The third-order valence-corrected chi connectivity index (χ3v) is 5.21. The van der Waals surface area contributed by atoms with Crippen LogP contribution in [0.4, 0.5) is 4.39 Å². The normalized spacial score (nSPS) is 18.4. The maximum atomic E-state index is 13.3. The summed E-state index contributed by atoms with van der Waals surface area (Å²) in [5, 5.41) is 5.01. The van der Waals surface area contributed by atoms with E-state index >= 15 is 0 Å². The molecule has 2 aromatic rings. The zero-order valence-electron chi connectivity index (χ0n) is 15.4. The average molecular weight is 395 g/mol. The van der Waals surface area contributed by atoms with Crippen molar-refractivity contribution >= 4 is 23.6 Å².